The van der Waals surface area contributed by atoms with E-state index in [0.717, 1.165) is 34.1 Å². The number of nitrogens with one attached hydrogen (secondary N) is 1. The highest BCUT2D eigenvalue weighted by atomic mass is 16.2. The number of hydrogen-bond acceptors (Lipinski definition) is 3. The zero-order valence-electron chi connectivity index (χ0n) is 17.8. The lowest BCUT2D eigenvalue weighted by molar-refractivity contribution is -0.124. The quantitative estimate of drug-likeness (QED) is 0.709. The van der Waals surface area contributed by atoms with Crippen molar-refractivity contribution in [2.24, 2.45) is 7.05 Å². The summed E-state index contributed by atoms with van der Waals surface area (Å²) in [7, 11) is 5.26. The van der Waals surface area contributed by atoms with E-state index in [4.69, 9.17) is 0 Å². The molecule has 0 bridgehead atoms. The van der Waals surface area contributed by atoms with Crippen LogP contribution >= 0.6 is 0 Å². The monoisotopic (exact) mass is 405 g/mol. The summed E-state index contributed by atoms with van der Waals surface area (Å²) in [6.45, 7) is 2.65. The van der Waals surface area contributed by atoms with E-state index < -0.39 is 5.54 Å². The summed E-state index contributed by atoms with van der Waals surface area (Å²) in [5, 5.41) is 8.44. The minimum Gasteiger partial charge on any atom is -0.331 e. The molecule has 1 atom stereocenters. The molecule has 3 aromatic rings. The van der Waals surface area contributed by atoms with Gasteiger partial charge in [0.15, 0.2) is 5.54 Å². The van der Waals surface area contributed by atoms with Crippen LogP contribution in [0.2, 0.25) is 0 Å². The van der Waals surface area contributed by atoms with Crippen molar-refractivity contribution in [3.8, 4) is 0 Å². The number of hydrogen-bond donors (Lipinski definition) is 1. The molecule has 3 amide bonds. The fourth-order valence-corrected chi connectivity index (χ4v) is 4.28. The summed E-state index contributed by atoms with van der Waals surface area (Å²) >= 11 is 0. The van der Waals surface area contributed by atoms with E-state index in [2.05, 4.69) is 10.4 Å². The number of carbonyl (C=O) groups is 2. The number of rotatable bonds is 5. The molecule has 0 spiro atoms. The second kappa shape index (κ2) is 7.48. The molecule has 0 aliphatic carbocycles. The Hall–Kier alpha value is -3.35. The van der Waals surface area contributed by atoms with E-state index in [0.29, 0.717) is 13.0 Å². The third-order valence-electron chi connectivity index (χ3n) is 5.78. The van der Waals surface area contributed by atoms with Crippen molar-refractivity contribution >= 4 is 28.5 Å². The van der Waals surface area contributed by atoms with Crippen molar-refractivity contribution in [3.05, 3.63) is 59.8 Å². The minimum absolute atomic E-state index is 0.0957. The number of aryl methyl sites for hydroxylation is 1. The van der Waals surface area contributed by atoms with Gasteiger partial charge in [-0.2, -0.15) is 5.10 Å². The first kappa shape index (κ1) is 19.9. The first-order valence-electron chi connectivity index (χ1n) is 10.2. The van der Waals surface area contributed by atoms with Gasteiger partial charge in [-0.25, -0.2) is 4.79 Å². The second-order valence-electron chi connectivity index (χ2n) is 8.00. The Morgan fingerprint density at radius 1 is 1.17 bits per heavy atom. The lowest BCUT2D eigenvalue weighted by Gasteiger charge is -2.31. The predicted octanol–water partition coefficient (Wildman–Crippen LogP) is 3.04. The molecule has 0 saturated carbocycles. The normalized spacial score (nSPS) is 18.0. The zero-order valence-corrected chi connectivity index (χ0v) is 17.8. The van der Waals surface area contributed by atoms with Gasteiger partial charge in [-0.1, -0.05) is 37.3 Å². The summed E-state index contributed by atoms with van der Waals surface area (Å²) in [5.74, 6) is -0.0957. The van der Waals surface area contributed by atoms with Crippen molar-refractivity contribution in [1.82, 2.24) is 20.0 Å². The highest BCUT2D eigenvalue weighted by Gasteiger charge is 2.52. The lowest BCUT2D eigenvalue weighted by atomic mass is 9.84. The Balaban J connectivity index is 1.90. The lowest BCUT2D eigenvalue weighted by Crippen LogP contribution is -2.56. The van der Waals surface area contributed by atoms with Gasteiger partial charge < -0.3 is 15.1 Å². The molecule has 0 fully saturated rings. The van der Waals surface area contributed by atoms with Crippen LogP contribution in [-0.4, -0.2) is 47.3 Å². The van der Waals surface area contributed by atoms with Gasteiger partial charge in [0.25, 0.3) is 5.91 Å². The average molecular weight is 406 g/mol. The number of amides is 3. The Kier molecular flexibility index (Phi) is 4.97. The third-order valence-corrected chi connectivity index (χ3v) is 5.78. The van der Waals surface area contributed by atoms with Crippen LogP contribution in [0.4, 0.5) is 10.5 Å². The molecule has 1 aromatic heterocycles. The SMILES string of the molecule is CCCN1C(=O)[C@](Cc2cccc3c2cnn3C)(NC(=O)N(C)C)c2ccccc21. The van der Waals surface area contributed by atoms with Crippen LogP contribution < -0.4 is 10.2 Å². The standard InChI is InChI=1S/C23H27N5O2/c1-5-13-28-20-11-7-6-10-18(20)23(21(28)29,25-22(30)26(2)3)14-16-9-8-12-19-17(16)15-24-27(19)4/h6-12,15H,5,13-14H2,1-4H3,(H,25,30)/t23-/m1/s1. The number of urea groups is 1. The summed E-state index contributed by atoms with van der Waals surface area (Å²) in [4.78, 5) is 29.9. The summed E-state index contributed by atoms with van der Waals surface area (Å²) < 4.78 is 1.82. The average Bonchev–Trinajstić information content (AvgIpc) is 3.21. The Morgan fingerprint density at radius 3 is 2.67 bits per heavy atom. The van der Waals surface area contributed by atoms with Gasteiger partial charge in [0.2, 0.25) is 0 Å². The Morgan fingerprint density at radius 2 is 1.93 bits per heavy atom. The van der Waals surface area contributed by atoms with Crippen LogP contribution in [0.5, 0.6) is 0 Å². The zero-order chi connectivity index (χ0) is 21.5. The first-order valence-corrected chi connectivity index (χ1v) is 10.2. The molecule has 7 nitrogen and oxygen atoms in total. The van der Waals surface area contributed by atoms with Crippen LogP contribution in [0.15, 0.2) is 48.7 Å². The first-order chi connectivity index (χ1) is 14.4. The topological polar surface area (TPSA) is 70.5 Å². The van der Waals surface area contributed by atoms with E-state index >= 15 is 0 Å². The van der Waals surface area contributed by atoms with Gasteiger partial charge in [-0.15, -0.1) is 0 Å². The number of para-hydroxylation sites is 1. The molecule has 1 aliphatic rings. The molecular weight excluding hydrogens is 378 g/mol. The van der Waals surface area contributed by atoms with Crippen LogP contribution in [0, 0.1) is 0 Å². The maximum absolute atomic E-state index is 13.8. The van der Waals surface area contributed by atoms with Crippen LogP contribution in [0.3, 0.4) is 0 Å². The molecule has 1 N–H and O–H groups in total. The summed E-state index contributed by atoms with van der Waals surface area (Å²) in [5.41, 5.74) is 2.49. The number of carbonyl (C=O) groups excluding carboxylic acids is 2. The van der Waals surface area contributed by atoms with Crippen molar-refractivity contribution in [2.45, 2.75) is 25.3 Å². The highest BCUT2D eigenvalue weighted by molar-refractivity contribution is 6.09. The summed E-state index contributed by atoms with van der Waals surface area (Å²) in [6, 6.07) is 13.4. The molecular formula is C23H27N5O2. The van der Waals surface area contributed by atoms with Gasteiger partial charge in [0, 0.05) is 50.7 Å². The van der Waals surface area contributed by atoms with Gasteiger partial charge in [0.05, 0.1) is 11.7 Å². The van der Waals surface area contributed by atoms with E-state index in [-0.39, 0.29) is 11.9 Å². The van der Waals surface area contributed by atoms with Crippen LogP contribution in [0.25, 0.3) is 10.9 Å². The smallest absolute Gasteiger partial charge is 0.318 e. The fourth-order valence-electron chi connectivity index (χ4n) is 4.28. The van der Waals surface area contributed by atoms with E-state index in [9.17, 15) is 9.59 Å². The second-order valence-corrected chi connectivity index (χ2v) is 8.00. The molecule has 2 aromatic carbocycles. The molecule has 0 saturated heterocycles. The van der Waals surface area contributed by atoms with Gasteiger partial charge in [-0.3, -0.25) is 9.48 Å². The number of nitrogens with zero attached hydrogens (tertiary/aromatic N) is 4. The maximum Gasteiger partial charge on any atom is 0.318 e. The number of fused-ring (bicyclic) bond motifs is 2. The van der Waals surface area contributed by atoms with Gasteiger partial charge in [0.1, 0.15) is 0 Å². The molecule has 1 aliphatic heterocycles. The van der Waals surface area contributed by atoms with Gasteiger partial charge >= 0.3 is 6.03 Å². The van der Waals surface area contributed by atoms with Crippen LogP contribution in [0.1, 0.15) is 24.5 Å². The molecule has 2 heterocycles. The highest BCUT2D eigenvalue weighted by Crippen LogP contribution is 2.43. The molecule has 7 heteroatoms. The van der Waals surface area contributed by atoms with Crippen molar-refractivity contribution in [3.63, 3.8) is 0 Å². The Labute approximate surface area is 176 Å². The van der Waals surface area contributed by atoms with Crippen molar-refractivity contribution in [2.75, 3.05) is 25.5 Å². The maximum atomic E-state index is 13.8. The number of benzene rings is 2. The van der Waals surface area contributed by atoms with Crippen LogP contribution in [-0.2, 0) is 23.8 Å². The molecule has 0 radical (unpaired) electrons. The largest absolute Gasteiger partial charge is 0.331 e. The van der Waals surface area contributed by atoms with Crippen molar-refractivity contribution in [1.29, 1.82) is 0 Å². The third kappa shape index (κ3) is 3.01. The number of anilines is 1. The fraction of sp³-hybridized carbons (Fsp3) is 0.348. The molecule has 30 heavy (non-hydrogen) atoms. The predicted molar refractivity (Wildman–Crippen MR) is 117 cm³/mol. The van der Waals surface area contributed by atoms with Gasteiger partial charge in [-0.05, 0) is 24.1 Å². The Bertz CT molecular complexity index is 1120. The summed E-state index contributed by atoms with van der Waals surface area (Å²) in [6.07, 6.45) is 3.00. The van der Waals surface area contributed by atoms with E-state index in [1.807, 2.05) is 67.3 Å². The molecule has 156 valence electrons. The van der Waals surface area contributed by atoms with Crippen molar-refractivity contribution < 1.29 is 9.59 Å². The minimum atomic E-state index is -1.17. The van der Waals surface area contributed by atoms with E-state index in [1.165, 1.54) is 4.90 Å². The molecule has 4 rings (SSSR count). The number of aromatic nitrogens is 2. The molecule has 0 unspecified atom stereocenters. The van der Waals surface area contributed by atoms with E-state index in [1.54, 1.807) is 19.0 Å².